The minimum atomic E-state index is -0.233. The molecule has 0 spiro atoms. The fourth-order valence-electron chi connectivity index (χ4n) is 1.12. The third kappa shape index (κ3) is 4.37. The van der Waals surface area contributed by atoms with E-state index in [0.717, 1.165) is 12.2 Å². The molecule has 0 aromatic carbocycles. The second-order valence-corrected chi connectivity index (χ2v) is 4.76. The van der Waals surface area contributed by atoms with Gasteiger partial charge in [0.05, 0.1) is 12.4 Å². The van der Waals surface area contributed by atoms with Gasteiger partial charge >= 0.3 is 0 Å². The van der Waals surface area contributed by atoms with E-state index in [-0.39, 0.29) is 22.8 Å². The molecule has 0 radical (unpaired) electrons. The number of carbonyl (C=O) groups excluding carboxylic acids is 1. The summed E-state index contributed by atoms with van der Waals surface area (Å²) in [5.41, 5.74) is 0.253. The lowest BCUT2D eigenvalue weighted by atomic mass is 10.2. The van der Waals surface area contributed by atoms with E-state index in [1.165, 1.54) is 12.4 Å². The molecule has 0 saturated carbocycles. The summed E-state index contributed by atoms with van der Waals surface area (Å²) in [6.07, 6.45) is 5.77. The first-order valence-electron chi connectivity index (χ1n) is 4.91. The van der Waals surface area contributed by atoms with Gasteiger partial charge in [0.15, 0.2) is 0 Å². The Morgan fingerprint density at radius 2 is 2.38 bits per heavy atom. The molecule has 1 atom stereocenters. The van der Waals surface area contributed by atoms with Crippen molar-refractivity contribution < 1.29 is 4.79 Å². The highest BCUT2D eigenvalue weighted by molar-refractivity contribution is 7.98. The number of nitrogens with zero attached hydrogens (tertiary/aromatic N) is 2. The SMILES string of the molecule is CSCCC(C)NC(=O)c1cncc(Cl)n1. The Bertz CT molecular complexity index is 362. The van der Waals surface area contributed by atoms with Crippen LogP contribution in [-0.2, 0) is 0 Å². The van der Waals surface area contributed by atoms with Crippen LogP contribution in [0.2, 0.25) is 5.15 Å². The molecule has 4 nitrogen and oxygen atoms in total. The number of hydrogen-bond acceptors (Lipinski definition) is 4. The Morgan fingerprint density at radius 1 is 1.62 bits per heavy atom. The molecular weight excluding hydrogens is 246 g/mol. The van der Waals surface area contributed by atoms with Gasteiger partial charge in [0.25, 0.3) is 5.91 Å². The second-order valence-electron chi connectivity index (χ2n) is 3.38. The molecule has 1 aromatic rings. The molecule has 0 bridgehead atoms. The highest BCUT2D eigenvalue weighted by atomic mass is 35.5. The van der Waals surface area contributed by atoms with E-state index < -0.39 is 0 Å². The number of aromatic nitrogens is 2. The molecule has 16 heavy (non-hydrogen) atoms. The molecule has 0 aliphatic rings. The third-order valence-electron chi connectivity index (χ3n) is 1.97. The highest BCUT2D eigenvalue weighted by Gasteiger charge is 2.11. The first kappa shape index (κ1) is 13.3. The predicted molar refractivity (Wildman–Crippen MR) is 67.0 cm³/mol. The standard InChI is InChI=1S/C10H14ClN3OS/c1-7(3-4-16-2)13-10(15)8-5-12-6-9(11)14-8/h5-7H,3-4H2,1-2H3,(H,13,15). The smallest absolute Gasteiger partial charge is 0.271 e. The van der Waals surface area contributed by atoms with Crippen molar-refractivity contribution in [2.24, 2.45) is 0 Å². The van der Waals surface area contributed by atoms with Crippen LogP contribution in [0, 0.1) is 0 Å². The van der Waals surface area contributed by atoms with E-state index in [1.807, 2.05) is 13.2 Å². The van der Waals surface area contributed by atoms with E-state index in [9.17, 15) is 4.79 Å². The number of amides is 1. The minimum Gasteiger partial charge on any atom is -0.348 e. The summed E-state index contributed by atoms with van der Waals surface area (Å²) in [6, 6.07) is 0.126. The Labute approximate surface area is 104 Å². The molecule has 0 fully saturated rings. The van der Waals surface area contributed by atoms with Gasteiger partial charge in [0.1, 0.15) is 10.8 Å². The molecule has 1 amide bonds. The normalized spacial score (nSPS) is 12.2. The van der Waals surface area contributed by atoms with Gasteiger partial charge in [0, 0.05) is 6.04 Å². The predicted octanol–water partition coefficient (Wildman–Crippen LogP) is 2.00. The fraction of sp³-hybridized carbons (Fsp3) is 0.500. The van der Waals surface area contributed by atoms with Crippen molar-refractivity contribution >= 4 is 29.3 Å². The van der Waals surface area contributed by atoms with Crippen molar-refractivity contribution in [1.29, 1.82) is 0 Å². The van der Waals surface area contributed by atoms with Crippen LogP contribution in [0.5, 0.6) is 0 Å². The van der Waals surface area contributed by atoms with Crippen molar-refractivity contribution in [1.82, 2.24) is 15.3 Å². The van der Waals surface area contributed by atoms with Gasteiger partial charge in [-0.2, -0.15) is 11.8 Å². The van der Waals surface area contributed by atoms with Crippen LogP contribution in [-0.4, -0.2) is 33.9 Å². The van der Waals surface area contributed by atoms with Crippen molar-refractivity contribution in [3.05, 3.63) is 23.2 Å². The summed E-state index contributed by atoms with van der Waals surface area (Å²) >= 11 is 7.41. The van der Waals surface area contributed by atoms with Crippen LogP contribution >= 0.6 is 23.4 Å². The van der Waals surface area contributed by atoms with E-state index in [1.54, 1.807) is 11.8 Å². The number of rotatable bonds is 5. The van der Waals surface area contributed by atoms with E-state index >= 15 is 0 Å². The van der Waals surface area contributed by atoms with Crippen molar-refractivity contribution in [2.75, 3.05) is 12.0 Å². The molecule has 1 unspecified atom stereocenters. The number of thioether (sulfide) groups is 1. The fourth-order valence-corrected chi connectivity index (χ4v) is 1.85. The van der Waals surface area contributed by atoms with Gasteiger partial charge in [-0.3, -0.25) is 9.78 Å². The third-order valence-corrected chi connectivity index (χ3v) is 2.80. The van der Waals surface area contributed by atoms with Crippen molar-refractivity contribution in [3.63, 3.8) is 0 Å². The first-order chi connectivity index (χ1) is 7.63. The molecule has 1 aromatic heterocycles. The molecule has 6 heteroatoms. The van der Waals surface area contributed by atoms with Crippen molar-refractivity contribution in [2.45, 2.75) is 19.4 Å². The van der Waals surface area contributed by atoms with Gasteiger partial charge in [-0.1, -0.05) is 11.6 Å². The van der Waals surface area contributed by atoms with E-state index in [4.69, 9.17) is 11.6 Å². The van der Waals surface area contributed by atoms with Gasteiger partial charge in [0.2, 0.25) is 0 Å². The maximum atomic E-state index is 11.7. The Balaban J connectivity index is 2.52. The van der Waals surface area contributed by atoms with Crippen LogP contribution in [0.25, 0.3) is 0 Å². The summed E-state index contributed by atoms with van der Waals surface area (Å²) in [7, 11) is 0. The number of halogens is 1. The Kier molecular flexibility index (Phi) is 5.55. The summed E-state index contributed by atoms with van der Waals surface area (Å²) in [5.74, 6) is 0.784. The molecule has 1 rings (SSSR count). The van der Waals surface area contributed by atoms with Crippen LogP contribution < -0.4 is 5.32 Å². The number of nitrogens with one attached hydrogen (secondary N) is 1. The molecule has 0 aliphatic carbocycles. The maximum Gasteiger partial charge on any atom is 0.271 e. The molecule has 0 saturated heterocycles. The van der Waals surface area contributed by atoms with Crippen LogP contribution in [0.3, 0.4) is 0 Å². The zero-order valence-electron chi connectivity index (χ0n) is 9.24. The van der Waals surface area contributed by atoms with E-state index in [2.05, 4.69) is 15.3 Å². The van der Waals surface area contributed by atoms with Crippen LogP contribution in [0.4, 0.5) is 0 Å². The largest absolute Gasteiger partial charge is 0.348 e. The molecular formula is C10H14ClN3OS. The van der Waals surface area contributed by atoms with Gasteiger partial charge < -0.3 is 5.32 Å². The highest BCUT2D eigenvalue weighted by Crippen LogP contribution is 2.04. The van der Waals surface area contributed by atoms with Crippen LogP contribution in [0.15, 0.2) is 12.4 Å². The molecule has 1 N–H and O–H groups in total. The maximum absolute atomic E-state index is 11.7. The summed E-state index contributed by atoms with van der Waals surface area (Å²) in [4.78, 5) is 19.4. The van der Waals surface area contributed by atoms with Gasteiger partial charge in [-0.25, -0.2) is 4.98 Å². The first-order valence-corrected chi connectivity index (χ1v) is 6.68. The zero-order chi connectivity index (χ0) is 12.0. The van der Waals surface area contributed by atoms with Crippen LogP contribution in [0.1, 0.15) is 23.8 Å². The lowest BCUT2D eigenvalue weighted by molar-refractivity contribution is 0.0934. The lowest BCUT2D eigenvalue weighted by Gasteiger charge is -2.12. The van der Waals surface area contributed by atoms with Gasteiger partial charge in [-0.05, 0) is 25.4 Å². The van der Waals surface area contributed by atoms with Gasteiger partial charge in [-0.15, -0.1) is 0 Å². The number of carbonyl (C=O) groups is 1. The summed E-state index contributed by atoms with van der Waals surface area (Å²) in [6.45, 7) is 1.96. The molecule has 0 aliphatic heterocycles. The van der Waals surface area contributed by atoms with Crippen molar-refractivity contribution in [3.8, 4) is 0 Å². The molecule has 1 heterocycles. The summed E-state index contributed by atoms with van der Waals surface area (Å²) < 4.78 is 0. The zero-order valence-corrected chi connectivity index (χ0v) is 10.8. The second kappa shape index (κ2) is 6.70. The lowest BCUT2D eigenvalue weighted by Crippen LogP contribution is -2.33. The Hall–Kier alpha value is -0.810. The minimum absolute atomic E-state index is 0.126. The molecule has 88 valence electrons. The average Bonchev–Trinajstić information content (AvgIpc) is 2.26. The topological polar surface area (TPSA) is 54.9 Å². The monoisotopic (exact) mass is 259 g/mol. The average molecular weight is 260 g/mol. The quantitative estimate of drug-likeness (QED) is 0.879. The number of hydrogen-bond donors (Lipinski definition) is 1. The van der Waals surface area contributed by atoms with E-state index in [0.29, 0.717) is 0 Å². The Morgan fingerprint density at radius 3 is 3.00 bits per heavy atom. The summed E-state index contributed by atoms with van der Waals surface area (Å²) in [5, 5.41) is 3.07.